The number of hydrogen-bond acceptors (Lipinski definition) is 4. The lowest BCUT2D eigenvalue weighted by Gasteiger charge is -2.39. The summed E-state index contributed by atoms with van der Waals surface area (Å²) in [6.45, 7) is 0. The molecule has 2 aromatic carbocycles. The van der Waals surface area contributed by atoms with Gasteiger partial charge in [0.2, 0.25) is 0 Å². The number of thiophene rings is 1. The summed E-state index contributed by atoms with van der Waals surface area (Å²) in [6, 6.07) is 15.2. The van der Waals surface area contributed by atoms with Gasteiger partial charge in [-0.05, 0) is 47.9 Å². The van der Waals surface area contributed by atoms with Crippen molar-refractivity contribution in [3.05, 3.63) is 91.1 Å². The fourth-order valence-electron chi connectivity index (χ4n) is 3.45. The third-order valence-corrected chi connectivity index (χ3v) is 6.37. The summed E-state index contributed by atoms with van der Waals surface area (Å²) in [6.07, 6.45) is 1.79. The van der Waals surface area contributed by atoms with Crippen LogP contribution in [-0.4, -0.2) is 5.01 Å². The molecule has 1 aromatic heterocycles. The number of benzene rings is 2. The molecule has 0 bridgehead atoms. The Morgan fingerprint density at radius 3 is 2.56 bits per heavy atom. The molecule has 3 aromatic rings. The van der Waals surface area contributed by atoms with Crippen LogP contribution >= 0.6 is 46.1 Å². The monoisotopic (exact) mass is 434 g/mol. The van der Waals surface area contributed by atoms with Gasteiger partial charge >= 0.3 is 0 Å². The Bertz CT molecular complexity index is 1050. The minimum Gasteiger partial charge on any atom is -0.469 e. The zero-order valence-corrected chi connectivity index (χ0v) is 16.9. The number of fused-ring (bicyclic) bond motifs is 3. The van der Waals surface area contributed by atoms with Gasteiger partial charge in [0.25, 0.3) is 0 Å². The largest absolute Gasteiger partial charge is 0.469 e. The Morgan fingerprint density at radius 2 is 1.78 bits per heavy atom. The Hall–Kier alpha value is -1.69. The number of hydrogen-bond donors (Lipinski definition) is 1. The van der Waals surface area contributed by atoms with Gasteiger partial charge < -0.3 is 10.2 Å². The van der Waals surface area contributed by atoms with Crippen molar-refractivity contribution < 1.29 is 4.74 Å². The lowest BCUT2D eigenvalue weighted by Crippen LogP contribution is -2.43. The standard InChI is InChI=1S/C20H13Cl3N2OS/c21-11-4-6-18-14(8-11)17-10-16(19-2-1-7-27-19)24-25(17)20(26-18)13-5-3-12(22)9-15(13)23/h1-10,17,20,24H/t17-,20+/m1/s1. The summed E-state index contributed by atoms with van der Waals surface area (Å²) in [4.78, 5) is 1.16. The quantitative estimate of drug-likeness (QED) is 0.484. The molecule has 136 valence electrons. The van der Waals surface area contributed by atoms with E-state index >= 15 is 0 Å². The number of nitrogens with zero attached hydrogens (tertiary/aromatic N) is 1. The highest BCUT2D eigenvalue weighted by Gasteiger charge is 2.41. The number of rotatable bonds is 2. The van der Waals surface area contributed by atoms with Crippen molar-refractivity contribution in [1.29, 1.82) is 0 Å². The van der Waals surface area contributed by atoms with Gasteiger partial charge in [0.1, 0.15) is 5.75 Å². The van der Waals surface area contributed by atoms with Crippen LogP contribution in [0.1, 0.15) is 28.3 Å². The van der Waals surface area contributed by atoms with Crippen molar-refractivity contribution in [2.24, 2.45) is 0 Å². The molecule has 2 atom stereocenters. The van der Waals surface area contributed by atoms with Crippen LogP contribution in [-0.2, 0) is 0 Å². The fraction of sp³-hybridized carbons (Fsp3) is 0.100. The smallest absolute Gasteiger partial charge is 0.197 e. The van der Waals surface area contributed by atoms with E-state index in [2.05, 4.69) is 28.0 Å². The van der Waals surface area contributed by atoms with Crippen LogP contribution in [0.5, 0.6) is 5.75 Å². The van der Waals surface area contributed by atoms with Gasteiger partial charge in [0, 0.05) is 21.2 Å². The van der Waals surface area contributed by atoms with Crippen molar-refractivity contribution in [3.8, 4) is 5.75 Å². The number of ether oxygens (including phenoxy) is 1. The maximum Gasteiger partial charge on any atom is 0.197 e. The van der Waals surface area contributed by atoms with E-state index < -0.39 is 6.23 Å². The van der Waals surface area contributed by atoms with Crippen LogP contribution in [0.15, 0.2) is 60.0 Å². The van der Waals surface area contributed by atoms with Gasteiger partial charge in [-0.2, -0.15) is 5.01 Å². The predicted octanol–water partition coefficient (Wildman–Crippen LogP) is 6.70. The summed E-state index contributed by atoms with van der Waals surface area (Å²) in [5.41, 5.74) is 6.40. The van der Waals surface area contributed by atoms with Crippen molar-refractivity contribution in [3.63, 3.8) is 0 Å². The van der Waals surface area contributed by atoms with E-state index in [9.17, 15) is 0 Å². The lowest BCUT2D eigenvalue weighted by atomic mass is 10.0. The van der Waals surface area contributed by atoms with Gasteiger partial charge in [0.05, 0.1) is 21.6 Å². The Balaban J connectivity index is 1.63. The number of hydrazine groups is 1. The molecular weight excluding hydrogens is 423 g/mol. The molecule has 0 spiro atoms. The van der Waals surface area contributed by atoms with Gasteiger partial charge in [-0.3, -0.25) is 0 Å². The molecule has 1 N–H and O–H groups in total. The minimum absolute atomic E-state index is 0.0266. The molecule has 0 radical (unpaired) electrons. The van der Waals surface area contributed by atoms with E-state index in [4.69, 9.17) is 39.5 Å². The highest BCUT2D eigenvalue weighted by molar-refractivity contribution is 7.11. The van der Waals surface area contributed by atoms with E-state index in [1.54, 1.807) is 17.4 Å². The van der Waals surface area contributed by atoms with Crippen molar-refractivity contribution in [1.82, 2.24) is 10.4 Å². The van der Waals surface area contributed by atoms with Gasteiger partial charge in [-0.25, -0.2) is 0 Å². The summed E-state index contributed by atoms with van der Waals surface area (Å²) < 4.78 is 6.32. The molecule has 0 saturated carbocycles. The second kappa shape index (κ2) is 6.73. The molecule has 0 aliphatic carbocycles. The van der Waals surface area contributed by atoms with Crippen LogP contribution in [0.25, 0.3) is 5.70 Å². The second-order valence-electron chi connectivity index (χ2n) is 6.34. The lowest BCUT2D eigenvalue weighted by molar-refractivity contribution is -0.0325. The Morgan fingerprint density at radius 1 is 0.963 bits per heavy atom. The Kier molecular flexibility index (Phi) is 4.34. The maximum atomic E-state index is 6.49. The van der Waals surface area contributed by atoms with Crippen LogP contribution in [0.4, 0.5) is 0 Å². The van der Waals surface area contributed by atoms with E-state index in [-0.39, 0.29) is 6.04 Å². The first-order chi connectivity index (χ1) is 13.1. The molecule has 0 fully saturated rings. The van der Waals surface area contributed by atoms with Crippen molar-refractivity contribution >= 4 is 51.8 Å². The predicted molar refractivity (Wildman–Crippen MR) is 111 cm³/mol. The molecule has 0 unspecified atom stereocenters. The summed E-state index contributed by atoms with van der Waals surface area (Å²) in [7, 11) is 0. The Labute approximate surface area is 175 Å². The molecule has 3 heterocycles. The average Bonchev–Trinajstić information content (AvgIpc) is 3.31. The zero-order valence-electron chi connectivity index (χ0n) is 13.8. The van der Waals surface area contributed by atoms with Crippen LogP contribution < -0.4 is 10.2 Å². The number of nitrogens with one attached hydrogen (secondary N) is 1. The highest BCUT2D eigenvalue weighted by atomic mass is 35.5. The van der Waals surface area contributed by atoms with Crippen LogP contribution in [0, 0.1) is 0 Å². The maximum absolute atomic E-state index is 6.49. The third kappa shape index (κ3) is 3.02. The fourth-order valence-corrected chi connectivity index (χ4v) is 4.83. The topological polar surface area (TPSA) is 24.5 Å². The average molecular weight is 436 g/mol. The van der Waals surface area contributed by atoms with Gasteiger partial charge in [-0.1, -0.05) is 46.9 Å². The normalized spacial score (nSPS) is 21.1. The molecule has 27 heavy (non-hydrogen) atoms. The van der Waals surface area contributed by atoms with E-state index in [0.29, 0.717) is 15.1 Å². The first-order valence-corrected chi connectivity index (χ1v) is 10.3. The van der Waals surface area contributed by atoms with Crippen LogP contribution in [0.3, 0.4) is 0 Å². The molecule has 0 amide bonds. The third-order valence-electron chi connectivity index (χ3n) is 4.67. The first kappa shape index (κ1) is 17.4. The molecule has 2 aliphatic rings. The van der Waals surface area contributed by atoms with E-state index in [1.165, 1.54) is 0 Å². The summed E-state index contributed by atoms with van der Waals surface area (Å²) in [5, 5.41) is 5.95. The zero-order chi connectivity index (χ0) is 18.5. The highest BCUT2D eigenvalue weighted by Crippen LogP contribution is 2.48. The minimum atomic E-state index is -0.401. The van der Waals surface area contributed by atoms with Gasteiger partial charge in [0.15, 0.2) is 6.23 Å². The molecule has 0 saturated heterocycles. The van der Waals surface area contributed by atoms with Gasteiger partial charge in [-0.15, -0.1) is 11.3 Å². The molecule has 2 aliphatic heterocycles. The summed E-state index contributed by atoms with van der Waals surface area (Å²) in [5.74, 6) is 0.794. The van der Waals surface area contributed by atoms with Crippen molar-refractivity contribution in [2.75, 3.05) is 0 Å². The van der Waals surface area contributed by atoms with Crippen molar-refractivity contribution in [2.45, 2.75) is 12.3 Å². The molecule has 5 rings (SSSR count). The van der Waals surface area contributed by atoms with Crippen LogP contribution in [0.2, 0.25) is 15.1 Å². The van der Waals surface area contributed by atoms with E-state index in [0.717, 1.165) is 27.5 Å². The molecule has 7 heteroatoms. The molecular formula is C20H13Cl3N2OS. The number of halogens is 3. The second-order valence-corrected chi connectivity index (χ2v) is 8.57. The first-order valence-electron chi connectivity index (χ1n) is 8.32. The summed E-state index contributed by atoms with van der Waals surface area (Å²) >= 11 is 20.5. The van der Waals surface area contributed by atoms with E-state index in [1.807, 2.05) is 36.4 Å². The molecule has 3 nitrogen and oxygen atoms in total. The SMILES string of the molecule is Clc1ccc([C@@H]2Oc3ccc(Cl)cc3[C@H]3C=C(c4cccs4)NN32)c(Cl)c1.